The molecule has 1 heterocycles. The zero-order chi connectivity index (χ0) is 6.69. The molecule has 0 aromatic carbocycles. The molecule has 3 nitrogen and oxygen atoms in total. The third-order valence-corrected chi connectivity index (χ3v) is 0.892. The van der Waals surface area contributed by atoms with Crippen molar-refractivity contribution in [1.82, 2.24) is 0 Å². The Labute approximate surface area is 53.0 Å². The molecular weight excluding hydrogens is 118 g/mol. The minimum atomic E-state index is -0.275. The van der Waals surface area contributed by atoms with Crippen LogP contribution in [0.15, 0.2) is 17.1 Å². The van der Waals surface area contributed by atoms with Crippen LogP contribution in [0.2, 0.25) is 0 Å². The van der Waals surface area contributed by atoms with E-state index >= 15 is 0 Å². The Bertz CT molecular complexity index is 181. The van der Waals surface area contributed by atoms with Crippen LogP contribution in [0.25, 0.3) is 0 Å². The standard InChI is InChI=1S/C6H7NO2/c1-2-3-5-7-4-6(8)9-5/h2-3H,4H2,1H3. The van der Waals surface area contributed by atoms with Gasteiger partial charge in [0.2, 0.25) is 5.90 Å². The van der Waals surface area contributed by atoms with E-state index in [2.05, 4.69) is 9.73 Å². The van der Waals surface area contributed by atoms with Gasteiger partial charge in [-0.1, -0.05) is 6.08 Å². The predicted octanol–water partition coefficient (Wildman–Crippen LogP) is 0.518. The number of hydrogen-bond donors (Lipinski definition) is 0. The number of esters is 1. The summed E-state index contributed by atoms with van der Waals surface area (Å²) < 4.78 is 4.63. The number of ether oxygens (including phenoxy) is 1. The minimum Gasteiger partial charge on any atom is -0.406 e. The molecule has 1 aliphatic rings. The van der Waals surface area contributed by atoms with Crippen molar-refractivity contribution in [2.24, 2.45) is 4.99 Å². The highest BCUT2D eigenvalue weighted by Crippen LogP contribution is 1.96. The Morgan fingerprint density at radius 2 is 2.56 bits per heavy atom. The lowest BCUT2D eigenvalue weighted by Gasteiger charge is -1.87. The summed E-state index contributed by atoms with van der Waals surface area (Å²) in [6, 6.07) is 0. The van der Waals surface area contributed by atoms with E-state index in [1.807, 2.05) is 6.92 Å². The van der Waals surface area contributed by atoms with E-state index in [0.717, 1.165) is 0 Å². The maximum atomic E-state index is 10.4. The van der Waals surface area contributed by atoms with E-state index in [1.165, 1.54) is 0 Å². The van der Waals surface area contributed by atoms with Crippen LogP contribution >= 0.6 is 0 Å². The average molecular weight is 125 g/mol. The normalized spacial score (nSPS) is 18.3. The van der Waals surface area contributed by atoms with Gasteiger partial charge in [-0.05, 0) is 13.0 Å². The Morgan fingerprint density at radius 3 is 3.00 bits per heavy atom. The van der Waals surface area contributed by atoms with Crippen molar-refractivity contribution in [2.75, 3.05) is 6.54 Å². The predicted molar refractivity (Wildman–Crippen MR) is 33.2 cm³/mol. The summed E-state index contributed by atoms with van der Waals surface area (Å²) in [5.41, 5.74) is 0. The number of carbonyl (C=O) groups excluding carboxylic acids is 1. The lowest BCUT2D eigenvalue weighted by atomic mass is 10.5. The van der Waals surface area contributed by atoms with Gasteiger partial charge in [0.05, 0.1) is 0 Å². The number of nitrogens with zero attached hydrogens (tertiary/aromatic N) is 1. The van der Waals surface area contributed by atoms with Gasteiger partial charge >= 0.3 is 5.97 Å². The monoisotopic (exact) mass is 125 g/mol. The van der Waals surface area contributed by atoms with Crippen LogP contribution in [0, 0.1) is 0 Å². The van der Waals surface area contributed by atoms with Crippen LogP contribution in [0.3, 0.4) is 0 Å². The number of rotatable bonds is 1. The Balaban J connectivity index is 2.55. The van der Waals surface area contributed by atoms with E-state index in [1.54, 1.807) is 12.2 Å². The summed E-state index contributed by atoms with van der Waals surface area (Å²) in [5, 5.41) is 0. The summed E-state index contributed by atoms with van der Waals surface area (Å²) in [6.07, 6.45) is 3.43. The van der Waals surface area contributed by atoms with Crippen LogP contribution in [0.1, 0.15) is 6.92 Å². The second-order valence-electron chi connectivity index (χ2n) is 1.63. The zero-order valence-corrected chi connectivity index (χ0v) is 5.13. The summed E-state index contributed by atoms with van der Waals surface area (Å²) in [6.45, 7) is 2.01. The van der Waals surface area contributed by atoms with Crippen LogP contribution in [-0.2, 0) is 9.53 Å². The molecule has 0 bridgehead atoms. The maximum absolute atomic E-state index is 10.4. The molecule has 9 heavy (non-hydrogen) atoms. The van der Waals surface area contributed by atoms with Crippen LogP contribution in [0.4, 0.5) is 0 Å². The van der Waals surface area contributed by atoms with E-state index in [0.29, 0.717) is 5.90 Å². The lowest BCUT2D eigenvalue weighted by Crippen LogP contribution is -2.01. The van der Waals surface area contributed by atoms with Gasteiger partial charge in [-0.2, -0.15) is 0 Å². The molecular formula is C6H7NO2. The first-order valence-electron chi connectivity index (χ1n) is 2.71. The van der Waals surface area contributed by atoms with Gasteiger partial charge in [-0.25, -0.2) is 9.79 Å². The number of aliphatic imine (C=N–C) groups is 1. The smallest absolute Gasteiger partial charge is 0.334 e. The van der Waals surface area contributed by atoms with Gasteiger partial charge in [0, 0.05) is 0 Å². The summed E-state index contributed by atoms with van der Waals surface area (Å²) in [4.78, 5) is 14.1. The first-order chi connectivity index (χ1) is 4.33. The number of cyclic esters (lactones) is 1. The molecule has 48 valence electrons. The van der Waals surface area contributed by atoms with Crippen molar-refractivity contribution in [3.63, 3.8) is 0 Å². The fraction of sp³-hybridized carbons (Fsp3) is 0.333. The summed E-state index contributed by atoms with van der Waals surface area (Å²) in [5.74, 6) is 0.144. The van der Waals surface area contributed by atoms with Crippen molar-refractivity contribution < 1.29 is 9.53 Å². The first-order valence-corrected chi connectivity index (χ1v) is 2.71. The van der Waals surface area contributed by atoms with Crippen molar-refractivity contribution in [2.45, 2.75) is 6.92 Å². The number of carbonyl (C=O) groups is 1. The molecule has 0 atom stereocenters. The maximum Gasteiger partial charge on any atom is 0.334 e. The summed E-state index contributed by atoms with van der Waals surface area (Å²) >= 11 is 0. The number of hydrogen-bond acceptors (Lipinski definition) is 3. The molecule has 0 radical (unpaired) electrons. The Morgan fingerprint density at radius 1 is 1.78 bits per heavy atom. The van der Waals surface area contributed by atoms with Gasteiger partial charge in [-0.15, -0.1) is 0 Å². The molecule has 0 saturated carbocycles. The SMILES string of the molecule is CC=CC1=NCC(=O)O1. The quantitative estimate of drug-likeness (QED) is 0.479. The van der Waals surface area contributed by atoms with E-state index < -0.39 is 0 Å². The van der Waals surface area contributed by atoms with E-state index in [4.69, 9.17) is 0 Å². The topological polar surface area (TPSA) is 38.7 Å². The highest BCUT2D eigenvalue weighted by atomic mass is 16.5. The molecule has 1 aliphatic heterocycles. The van der Waals surface area contributed by atoms with Gasteiger partial charge in [0.25, 0.3) is 0 Å². The highest BCUT2D eigenvalue weighted by molar-refractivity contribution is 6.00. The van der Waals surface area contributed by atoms with Gasteiger partial charge < -0.3 is 4.74 Å². The molecule has 0 aliphatic carbocycles. The van der Waals surface area contributed by atoms with Crippen molar-refractivity contribution in [3.8, 4) is 0 Å². The van der Waals surface area contributed by atoms with Crippen LogP contribution in [0.5, 0.6) is 0 Å². The molecule has 0 N–H and O–H groups in total. The fourth-order valence-electron chi connectivity index (χ4n) is 0.553. The largest absolute Gasteiger partial charge is 0.406 e. The molecule has 1 rings (SSSR count). The van der Waals surface area contributed by atoms with Gasteiger partial charge in [-0.3, -0.25) is 0 Å². The van der Waals surface area contributed by atoms with Gasteiger partial charge in [0.15, 0.2) is 0 Å². The molecule has 0 aromatic heterocycles. The molecule has 0 aromatic rings. The van der Waals surface area contributed by atoms with Crippen LogP contribution in [-0.4, -0.2) is 18.4 Å². The molecule has 0 amide bonds. The Kier molecular flexibility index (Phi) is 1.63. The van der Waals surface area contributed by atoms with Crippen LogP contribution < -0.4 is 0 Å². The molecule has 0 unspecified atom stereocenters. The van der Waals surface area contributed by atoms with Gasteiger partial charge in [0.1, 0.15) is 6.54 Å². The fourth-order valence-corrected chi connectivity index (χ4v) is 0.553. The van der Waals surface area contributed by atoms with E-state index in [9.17, 15) is 4.79 Å². The average Bonchev–Trinajstić information content (AvgIpc) is 2.17. The van der Waals surface area contributed by atoms with Crippen molar-refractivity contribution in [1.29, 1.82) is 0 Å². The lowest BCUT2D eigenvalue weighted by molar-refractivity contribution is -0.132. The molecule has 0 saturated heterocycles. The van der Waals surface area contributed by atoms with Crippen molar-refractivity contribution >= 4 is 11.9 Å². The molecule has 0 spiro atoms. The summed E-state index contributed by atoms with van der Waals surface area (Å²) in [7, 11) is 0. The Hall–Kier alpha value is -1.12. The van der Waals surface area contributed by atoms with Crippen molar-refractivity contribution in [3.05, 3.63) is 12.2 Å². The third kappa shape index (κ3) is 1.38. The second-order valence-corrected chi connectivity index (χ2v) is 1.63. The third-order valence-electron chi connectivity index (χ3n) is 0.892. The zero-order valence-electron chi connectivity index (χ0n) is 5.13. The highest BCUT2D eigenvalue weighted by Gasteiger charge is 2.11. The molecule has 0 fully saturated rings. The minimum absolute atomic E-state index is 0.166. The second kappa shape index (κ2) is 2.44. The van der Waals surface area contributed by atoms with E-state index in [-0.39, 0.29) is 12.5 Å². The number of allylic oxidation sites excluding steroid dienone is 1. The molecule has 3 heteroatoms. The first kappa shape index (κ1) is 6.01.